The zero-order chi connectivity index (χ0) is 13.5. The summed E-state index contributed by atoms with van der Waals surface area (Å²) in [6.07, 6.45) is 2.45. The summed E-state index contributed by atoms with van der Waals surface area (Å²) in [5.41, 5.74) is 1.30. The van der Waals surface area contributed by atoms with E-state index in [9.17, 15) is 9.90 Å². The highest BCUT2D eigenvalue weighted by Crippen LogP contribution is 2.19. The quantitative estimate of drug-likeness (QED) is 0.838. The van der Waals surface area contributed by atoms with Crippen LogP contribution in [0.1, 0.15) is 31.7 Å². The maximum Gasteiger partial charge on any atom is 0.326 e. The van der Waals surface area contributed by atoms with E-state index in [1.165, 1.54) is 0 Å². The normalized spacial score (nSPS) is 11.6. The van der Waals surface area contributed by atoms with Gasteiger partial charge < -0.3 is 10.0 Å². The number of carbonyl (C=O) groups is 1. The van der Waals surface area contributed by atoms with Crippen LogP contribution in [0.2, 0.25) is 0 Å². The molecule has 1 N–H and O–H groups in total. The van der Waals surface area contributed by atoms with Crippen LogP contribution in [0.15, 0.2) is 24.3 Å². The van der Waals surface area contributed by atoms with Gasteiger partial charge in [-0.2, -0.15) is 5.26 Å². The zero-order valence-corrected chi connectivity index (χ0v) is 10.8. The van der Waals surface area contributed by atoms with Crippen molar-refractivity contribution >= 4 is 11.7 Å². The molecular weight excluding hydrogens is 228 g/mol. The van der Waals surface area contributed by atoms with Crippen LogP contribution >= 0.6 is 0 Å². The minimum Gasteiger partial charge on any atom is -0.480 e. The molecule has 4 nitrogen and oxygen atoms in total. The lowest BCUT2D eigenvalue weighted by atomic mass is 10.1. The minimum absolute atomic E-state index is 0.541. The van der Waals surface area contributed by atoms with Gasteiger partial charge in [0, 0.05) is 12.7 Å². The van der Waals surface area contributed by atoms with Crippen molar-refractivity contribution in [3.05, 3.63) is 29.8 Å². The maximum absolute atomic E-state index is 11.3. The van der Waals surface area contributed by atoms with Crippen LogP contribution < -0.4 is 4.90 Å². The van der Waals surface area contributed by atoms with Gasteiger partial charge in [0.05, 0.1) is 11.6 Å². The van der Waals surface area contributed by atoms with Crippen LogP contribution in [0, 0.1) is 11.3 Å². The molecule has 0 aliphatic rings. The summed E-state index contributed by atoms with van der Waals surface area (Å²) < 4.78 is 0. The fraction of sp³-hybridized carbons (Fsp3) is 0.429. The molecule has 0 bridgehead atoms. The summed E-state index contributed by atoms with van der Waals surface area (Å²) >= 11 is 0. The molecule has 1 aromatic carbocycles. The standard InChI is InChI=1S/C14H18N2O2/c1-3-4-8-13(14(17)18)16(2)12-7-5-6-11(9-12)10-15/h5-7,9,13H,3-4,8H2,1-2H3,(H,17,18). The Morgan fingerprint density at radius 1 is 1.56 bits per heavy atom. The van der Waals surface area contributed by atoms with Crippen molar-refractivity contribution in [1.29, 1.82) is 5.26 Å². The van der Waals surface area contributed by atoms with Gasteiger partial charge in [0.1, 0.15) is 6.04 Å². The van der Waals surface area contributed by atoms with Crippen molar-refractivity contribution in [3.63, 3.8) is 0 Å². The van der Waals surface area contributed by atoms with Crippen LogP contribution in [-0.2, 0) is 4.79 Å². The number of nitrogens with zero attached hydrogens (tertiary/aromatic N) is 2. The van der Waals surface area contributed by atoms with E-state index in [2.05, 4.69) is 6.07 Å². The van der Waals surface area contributed by atoms with Gasteiger partial charge in [-0.15, -0.1) is 0 Å². The van der Waals surface area contributed by atoms with Gasteiger partial charge >= 0.3 is 5.97 Å². The molecule has 0 saturated heterocycles. The van der Waals surface area contributed by atoms with Crippen LogP contribution in [0.5, 0.6) is 0 Å². The Bertz CT molecular complexity index is 451. The van der Waals surface area contributed by atoms with E-state index in [0.29, 0.717) is 12.0 Å². The first kappa shape index (κ1) is 14.0. The van der Waals surface area contributed by atoms with Gasteiger partial charge in [-0.05, 0) is 24.6 Å². The number of rotatable bonds is 6. The van der Waals surface area contributed by atoms with Crippen LogP contribution in [0.3, 0.4) is 0 Å². The van der Waals surface area contributed by atoms with E-state index in [1.807, 2.05) is 13.0 Å². The van der Waals surface area contributed by atoms with E-state index in [1.54, 1.807) is 30.1 Å². The lowest BCUT2D eigenvalue weighted by Gasteiger charge is -2.26. The van der Waals surface area contributed by atoms with Gasteiger partial charge in [0.2, 0.25) is 0 Å². The second-order valence-electron chi connectivity index (χ2n) is 4.27. The number of hydrogen-bond donors (Lipinski definition) is 1. The number of hydrogen-bond acceptors (Lipinski definition) is 3. The Hall–Kier alpha value is -2.02. The number of carboxylic acids is 1. The van der Waals surface area contributed by atoms with Crippen molar-refractivity contribution in [3.8, 4) is 6.07 Å². The van der Waals surface area contributed by atoms with Crippen molar-refractivity contribution in [1.82, 2.24) is 0 Å². The molecule has 0 saturated carbocycles. The Kier molecular flexibility index (Phi) is 5.19. The largest absolute Gasteiger partial charge is 0.480 e. The summed E-state index contributed by atoms with van der Waals surface area (Å²) in [5.74, 6) is -0.826. The third-order valence-electron chi connectivity index (χ3n) is 2.97. The number of nitriles is 1. The fourth-order valence-electron chi connectivity index (χ4n) is 1.86. The molecule has 0 spiro atoms. The third kappa shape index (κ3) is 3.49. The molecule has 1 unspecified atom stereocenters. The molecule has 4 heteroatoms. The van der Waals surface area contributed by atoms with E-state index in [0.717, 1.165) is 18.5 Å². The smallest absolute Gasteiger partial charge is 0.326 e. The number of carboxylic acid groups (broad SMARTS) is 1. The average molecular weight is 246 g/mol. The van der Waals surface area contributed by atoms with Gasteiger partial charge in [-0.25, -0.2) is 4.79 Å². The van der Waals surface area contributed by atoms with Crippen LogP contribution in [0.25, 0.3) is 0 Å². The van der Waals surface area contributed by atoms with Crippen molar-refractivity contribution in [2.75, 3.05) is 11.9 Å². The summed E-state index contributed by atoms with van der Waals surface area (Å²) in [6.45, 7) is 2.04. The van der Waals surface area contributed by atoms with Crippen molar-refractivity contribution in [2.24, 2.45) is 0 Å². The zero-order valence-electron chi connectivity index (χ0n) is 10.8. The minimum atomic E-state index is -0.826. The lowest BCUT2D eigenvalue weighted by molar-refractivity contribution is -0.138. The summed E-state index contributed by atoms with van der Waals surface area (Å²) in [4.78, 5) is 13.0. The van der Waals surface area contributed by atoms with E-state index in [-0.39, 0.29) is 0 Å². The first-order valence-corrected chi connectivity index (χ1v) is 6.06. The van der Waals surface area contributed by atoms with Crippen molar-refractivity contribution in [2.45, 2.75) is 32.2 Å². The van der Waals surface area contributed by atoms with E-state index >= 15 is 0 Å². The Morgan fingerprint density at radius 3 is 2.83 bits per heavy atom. The predicted molar refractivity (Wildman–Crippen MR) is 70.5 cm³/mol. The van der Waals surface area contributed by atoms with Gasteiger partial charge in [-0.3, -0.25) is 0 Å². The predicted octanol–water partition coefficient (Wildman–Crippen LogP) is 2.64. The summed E-state index contributed by atoms with van der Waals surface area (Å²) in [6, 6.07) is 8.52. The molecule has 0 amide bonds. The Balaban J connectivity index is 2.91. The van der Waals surface area contributed by atoms with Crippen LogP contribution in [0.4, 0.5) is 5.69 Å². The molecule has 1 rings (SSSR count). The maximum atomic E-state index is 11.3. The highest BCUT2D eigenvalue weighted by atomic mass is 16.4. The molecule has 0 radical (unpaired) electrons. The fourth-order valence-corrected chi connectivity index (χ4v) is 1.86. The molecule has 0 fully saturated rings. The monoisotopic (exact) mass is 246 g/mol. The number of likely N-dealkylation sites (N-methyl/N-ethyl adjacent to an activating group) is 1. The Morgan fingerprint density at radius 2 is 2.28 bits per heavy atom. The molecule has 0 aliphatic heterocycles. The summed E-state index contributed by atoms with van der Waals surface area (Å²) in [7, 11) is 1.75. The molecule has 96 valence electrons. The van der Waals surface area contributed by atoms with E-state index in [4.69, 9.17) is 5.26 Å². The highest BCUT2D eigenvalue weighted by Gasteiger charge is 2.22. The first-order valence-electron chi connectivity index (χ1n) is 6.06. The van der Waals surface area contributed by atoms with Gasteiger partial charge in [0.15, 0.2) is 0 Å². The molecule has 0 aliphatic carbocycles. The van der Waals surface area contributed by atoms with Gasteiger partial charge in [-0.1, -0.05) is 25.8 Å². The topological polar surface area (TPSA) is 64.3 Å². The first-order chi connectivity index (χ1) is 8.60. The number of aliphatic carboxylic acids is 1. The lowest BCUT2D eigenvalue weighted by Crippen LogP contribution is -2.38. The number of benzene rings is 1. The Labute approximate surface area is 107 Å². The molecule has 0 aromatic heterocycles. The molecular formula is C14H18N2O2. The second-order valence-corrected chi connectivity index (χ2v) is 4.27. The molecule has 1 atom stereocenters. The van der Waals surface area contributed by atoms with Crippen molar-refractivity contribution < 1.29 is 9.90 Å². The highest BCUT2D eigenvalue weighted by molar-refractivity contribution is 5.78. The molecule has 1 aromatic rings. The third-order valence-corrected chi connectivity index (χ3v) is 2.97. The second kappa shape index (κ2) is 6.65. The van der Waals surface area contributed by atoms with Crippen LogP contribution in [-0.4, -0.2) is 24.2 Å². The SMILES string of the molecule is CCCCC(C(=O)O)N(C)c1cccc(C#N)c1. The number of unbranched alkanes of at least 4 members (excludes halogenated alkanes) is 1. The molecule has 18 heavy (non-hydrogen) atoms. The summed E-state index contributed by atoms with van der Waals surface area (Å²) in [5, 5.41) is 18.1. The van der Waals surface area contributed by atoms with E-state index < -0.39 is 12.0 Å². The molecule has 0 heterocycles. The average Bonchev–Trinajstić information content (AvgIpc) is 2.38. The van der Waals surface area contributed by atoms with Gasteiger partial charge in [0.25, 0.3) is 0 Å². The number of anilines is 1.